The van der Waals surface area contributed by atoms with E-state index in [2.05, 4.69) is 20.6 Å². The van der Waals surface area contributed by atoms with Crippen molar-refractivity contribution in [3.63, 3.8) is 0 Å². The third-order valence-electron chi connectivity index (χ3n) is 2.96. The summed E-state index contributed by atoms with van der Waals surface area (Å²) in [6.45, 7) is 3.35. The molecule has 2 aromatic rings. The average molecular weight is 316 g/mol. The molecule has 8 nitrogen and oxygen atoms in total. The number of benzene rings is 1. The molecular weight excluding hydrogens is 300 g/mol. The van der Waals surface area contributed by atoms with Gasteiger partial charge >= 0.3 is 12.0 Å². The van der Waals surface area contributed by atoms with Gasteiger partial charge in [-0.15, -0.1) is 0 Å². The minimum absolute atomic E-state index is 0.269. The van der Waals surface area contributed by atoms with Gasteiger partial charge in [0.2, 0.25) is 0 Å². The molecule has 2 amide bonds. The number of fused-ring (bicyclic) bond motifs is 1. The number of nitrogens with one attached hydrogen (secondary N) is 2. The molecule has 0 fully saturated rings. The lowest BCUT2D eigenvalue weighted by molar-refractivity contribution is 0.171. The number of rotatable bonds is 4. The summed E-state index contributed by atoms with van der Waals surface area (Å²) in [5.41, 5.74) is 1.06. The van der Waals surface area contributed by atoms with E-state index in [1.165, 1.54) is 12.4 Å². The molecule has 1 aliphatic rings. The summed E-state index contributed by atoms with van der Waals surface area (Å²) >= 11 is 0. The third-order valence-corrected chi connectivity index (χ3v) is 2.96. The standard InChI is InChI=1S/C15H16N4O4/c1-2-21-15-16-8-11(9-17-15)19-14(20)18-10-3-4-12-13(7-10)23-6-5-22-12/h3-4,7-9H,2,5-6H2,1H3,(H2,18,19,20). The molecule has 0 saturated heterocycles. The predicted molar refractivity (Wildman–Crippen MR) is 83.3 cm³/mol. The zero-order valence-electron chi connectivity index (χ0n) is 12.5. The second kappa shape index (κ2) is 6.82. The lowest BCUT2D eigenvalue weighted by Crippen LogP contribution is -2.20. The van der Waals surface area contributed by atoms with Gasteiger partial charge in [-0.3, -0.25) is 0 Å². The Morgan fingerprint density at radius 2 is 1.83 bits per heavy atom. The molecule has 23 heavy (non-hydrogen) atoms. The lowest BCUT2D eigenvalue weighted by Gasteiger charge is -2.19. The molecule has 0 atom stereocenters. The summed E-state index contributed by atoms with van der Waals surface area (Å²) < 4.78 is 16.0. The highest BCUT2D eigenvalue weighted by Gasteiger charge is 2.13. The van der Waals surface area contributed by atoms with Crippen molar-refractivity contribution in [1.29, 1.82) is 0 Å². The summed E-state index contributed by atoms with van der Waals surface area (Å²) in [4.78, 5) is 19.9. The number of aromatic nitrogens is 2. The van der Waals surface area contributed by atoms with E-state index < -0.39 is 6.03 Å². The molecule has 0 bridgehead atoms. The van der Waals surface area contributed by atoms with Gasteiger partial charge in [0.1, 0.15) is 13.2 Å². The van der Waals surface area contributed by atoms with Gasteiger partial charge in [0, 0.05) is 11.8 Å². The minimum Gasteiger partial charge on any atom is -0.486 e. The van der Waals surface area contributed by atoms with Crippen LogP contribution in [0, 0.1) is 0 Å². The van der Waals surface area contributed by atoms with Crippen molar-refractivity contribution in [1.82, 2.24) is 9.97 Å². The minimum atomic E-state index is -0.408. The van der Waals surface area contributed by atoms with E-state index in [1.54, 1.807) is 18.2 Å². The number of nitrogens with zero attached hydrogens (tertiary/aromatic N) is 2. The molecule has 0 spiro atoms. The SMILES string of the molecule is CCOc1ncc(NC(=O)Nc2ccc3c(c2)OCCO3)cn1. The van der Waals surface area contributed by atoms with Gasteiger partial charge in [0.25, 0.3) is 0 Å². The molecule has 1 aromatic carbocycles. The Hall–Kier alpha value is -3.03. The van der Waals surface area contributed by atoms with E-state index in [-0.39, 0.29) is 6.01 Å². The van der Waals surface area contributed by atoms with Crippen LogP contribution in [-0.2, 0) is 0 Å². The fourth-order valence-electron chi connectivity index (χ4n) is 2.00. The van der Waals surface area contributed by atoms with Crippen LogP contribution in [0.2, 0.25) is 0 Å². The van der Waals surface area contributed by atoms with Crippen molar-refractivity contribution in [3.8, 4) is 17.5 Å². The Morgan fingerprint density at radius 3 is 2.57 bits per heavy atom. The zero-order chi connectivity index (χ0) is 16.1. The van der Waals surface area contributed by atoms with Gasteiger partial charge in [-0.25, -0.2) is 14.8 Å². The van der Waals surface area contributed by atoms with Crippen molar-refractivity contribution in [3.05, 3.63) is 30.6 Å². The first-order valence-corrected chi connectivity index (χ1v) is 7.17. The number of hydrogen-bond acceptors (Lipinski definition) is 6. The molecule has 120 valence electrons. The topological polar surface area (TPSA) is 94.6 Å². The van der Waals surface area contributed by atoms with Gasteiger partial charge in [-0.1, -0.05) is 0 Å². The van der Waals surface area contributed by atoms with Gasteiger partial charge in [0.15, 0.2) is 11.5 Å². The number of carbonyl (C=O) groups excluding carboxylic acids is 1. The normalized spacial score (nSPS) is 12.4. The number of anilines is 2. The first-order valence-electron chi connectivity index (χ1n) is 7.17. The van der Waals surface area contributed by atoms with Crippen LogP contribution in [0.1, 0.15) is 6.92 Å². The summed E-state index contributed by atoms with van der Waals surface area (Å²) in [6, 6.07) is 5.06. The van der Waals surface area contributed by atoms with E-state index in [0.717, 1.165) is 0 Å². The molecule has 0 unspecified atom stereocenters. The number of amides is 2. The van der Waals surface area contributed by atoms with Crippen LogP contribution in [-0.4, -0.2) is 35.8 Å². The van der Waals surface area contributed by atoms with E-state index in [9.17, 15) is 4.79 Å². The molecular formula is C15H16N4O4. The fraction of sp³-hybridized carbons (Fsp3) is 0.267. The maximum Gasteiger partial charge on any atom is 0.323 e. The number of carbonyl (C=O) groups is 1. The largest absolute Gasteiger partial charge is 0.486 e. The van der Waals surface area contributed by atoms with Crippen LogP contribution in [0.3, 0.4) is 0 Å². The molecule has 0 radical (unpaired) electrons. The fourth-order valence-corrected chi connectivity index (χ4v) is 2.00. The van der Waals surface area contributed by atoms with Crippen molar-refractivity contribution in [2.24, 2.45) is 0 Å². The van der Waals surface area contributed by atoms with Crippen LogP contribution in [0.5, 0.6) is 17.5 Å². The summed E-state index contributed by atoms with van der Waals surface area (Å²) in [5, 5.41) is 5.35. The van der Waals surface area contributed by atoms with Crippen LogP contribution < -0.4 is 24.8 Å². The van der Waals surface area contributed by atoms with E-state index in [0.29, 0.717) is 42.7 Å². The first-order chi connectivity index (χ1) is 11.2. The van der Waals surface area contributed by atoms with Crippen molar-refractivity contribution >= 4 is 17.4 Å². The van der Waals surface area contributed by atoms with Crippen molar-refractivity contribution in [2.75, 3.05) is 30.5 Å². The molecule has 8 heteroatoms. The van der Waals surface area contributed by atoms with Crippen LogP contribution in [0.25, 0.3) is 0 Å². The Labute approximate surface area is 132 Å². The zero-order valence-corrected chi connectivity index (χ0v) is 12.5. The Kier molecular flexibility index (Phi) is 4.41. The monoisotopic (exact) mass is 316 g/mol. The highest BCUT2D eigenvalue weighted by molar-refractivity contribution is 5.99. The summed E-state index contributed by atoms with van der Waals surface area (Å²) in [5.74, 6) is 1.28. The predicted octanol–water partition coefficient (Wildman–Crippen LogP) is 2.29. The number of ether oxygens (including phenoxy) is 3. The van der Waals surface area contributed by atoms with Crippen LogP contribution >= 0.6 is 0 Å². The smallest absolute Gasteiger partial charge is 0.323 e. The maximum absolute atomic E-state index is 12.0. The molecule has 2 heterocycles. The van der Waals surface area contributed by atoms with E-state index >= 15 is 0 Å². The summed E-state index contributed by atoms with van der Waals surface area (Å²) in [7, 11) is 0. The second-order valence-corrected chi connectivity index (χ2v) is 4.62. The quantitative estimate of drug-likeness (QED) is 0.898. The van der Waals surface area contributed by atoms with Crippen LogP contribution in [0.4, 0.5) is 16.2 Å². The van der Waals surface area contributed by atoms with Gasteiger partial charge in [0.05, 0.1) is 24.7 Å². The molecule has 0 saturated carbocycles. The van der Waals surface area contributed by atoms with E-state index in [4.69, 9.17) is 14.2 Å². The molecule has 3 rings (SSSR count). The Balaban J connectivity index is 1.60. The number of hydrogen-bond donors (Lipinski definition) is 2. The van der Waals surface area contributed by atoms with Crippen LogP contribution in [0.15, 0.2) is 30.6 Å². The van der Waals surface area contributed by atoms with E-state index in [1.807, 2.05) is 6.92 Å². The lowest BCUT2D eigenvalue weighted by atomic mass is 10.2. The number of urea groups is 1. The summed E-state index contributed by atoms with van der Waals surface area (Å²) in [6.07, 6.45) is 2.95. The molecule has 1 aliphatic heterocycles. The third kappa shape index (κ3) is 3.79. The molecule has 2 N–H and O–H groups in total. The van der Waals surface area contributed by atoms with Crippen molar-refractivity contribution < 1.29 is 19.0 Å². The molecule has 0 aliphatic carbocycles. The first kappa shape index (κ1) is 14.9. The second-order valence-electron chi connectivity index (χ2n) is 4.62. The highest BCUT2D eigenvalue weighted by atomic mass is 16.6. The van der Waals surface area contributed by atoms with Gasteiger partial charge in [-0.2, -0.15) is 0 Å². The van der Waals surface area contributed by atoms with Gasteiger partial charge in [-0.05, 0) is 19.1 Å². The Morgan fingerprint density at radius 1 is 1.13 bits per heavy atom. The molecule has 1 aromatic heterocycles. The van der Waals surface area contributed by atoms with Gasteiger partial charge < -0.3 is 24.8 Å². The Bertz CT molecular complexity index is 690. The average Bonchev–Trinajstić information content (AvgIpc) is 2.57. The highest BCUT2D eigenvalue weighted by Crippen LogP contribution is 2.32. The van der Waals surface area contributed by atoms with Crippen molar-refractivity contribution in [2.45, 2.75) is 6.92 Å². The maximum atomic E-state index is 12.0.